The Bertz CT molecular complexity index is 668. The molecule has 1 atom stereocenters. The Balaban J connectivity index is 1.39. The van der Waals surface area contributed by atoms with Gasteiger partial charge >= 0.3 is 0 Å². The van der Waals surface area contributed by atoms with Crippen molar-refractivity contribution in [3.05, 3.63) is 29.3 Å². The highest BCUT2D eigenvalue weighted by Gasteiger charge is 2.33. The van der Waals surface area contributed by atoms with E-state index in [1.54, 1.807) is 0 Å². The molecule has 1 unspecified atom stereocenters. The van der Waals surface area contributed by atoms with Gasteiger partial charge in [0.2, 0.25) is 5.91 Å². The molecule has 1 aromatic carbocycles. The van der Waals surface area contributed by atoms with Gasteiger partial charge in [0.05, 0.1) is 15.2 Å². The summed E-state index contributed by atoms with van der Waals surface area (Å²) in [6, 6.07) is 8.35. The van der Waals surface area contributed by atoms with Crippen molar-refractivity contribution < 1.29 is 4.79 Å². The summed E-state index contributed by atoms with van der Waals surface area (Å²) in [5.74, 6) is 1.55. The van der Waals surface area contributed by atoms with Gasteiger partial charge in [-0.3, -0.25) is 4.79 Å². The quantitative estimate of drug-likeness (QED) is 0.942. The van der Waals surface area contributed by atoms with E-state index in [-0.39, 0.29) is 5.92 Å². The van der Waals surface area contributed by atoms with Crippen molar-refractivity contribution in [3.63, 3.8) is 0 Å². The number of nitrogens with zero attached hydrogens (tertiary/aromatic N) is 2. The minimum Gasteiger partial charge on any atom is -0.342 e. The van der Waals surface area contributed by atoms with E-state index in [9.17, 15) is 4.79 Å². The molecule has 1 amide bonds. The van der Waals surface area contributed by atoms with Crippen LogP contribution in [-0.2, 0) is 4.79 Å². The fourth-order valence-electron chi connectivity index (χ4n) is 3.57. The fraction of sp³-hybridized carbons (Fsp3) is 0.556. The molecule has 0 spiro atoms. The second-order valence-electron chi connectivity index (χ2n) is 6.83. The van der Waals surface area contributed by atoms with Crippen LogP contribution in [-0.4, -0.2) is 42.0 Å². The molecule has 23 heavy (non-hydrogen) atoms. The first-order valence-electron chi connectivity index (χ1n) is 8.57. The van der Waals surface area contributed by atoms with Crippen LogP contribution in [0.15, 0.2) is 24.3 Å². The molecule has 0 saturated carbocycles. The van der Waals surface area contributed by atoms with Crippen molar-refractivity contribution in [3.8, 4) is 0 Å². The predicted molar refractivity (Wildman–Crippen MR) is 93.7 cm³/mol. The molecule has 3 heterocycles. The summed E-state index contributed by atoms with van der Waals surface area (Å²) in [5.41, 5.74) is 1.11. The molecule has 2 aliphatic rings. The summed E-state index contributed by atoms with van der Waals surface area (Å²) in [7, 11) is 0. The number of carbonyl (C=O) groups is 1. The zero-order valence-corrected chi connectivity index (χ0v) is 14.3. The highest BCUT2D eigenvalue weighted by atomic mass is 32.1. The number of fused-ring (bicyclic) bond motifs is 1. The van der Waals surface area contributed by atoms with Gasteiger partial charge in [0.1, 0.15) is 0 Å². The van der Waals surface area contributed by atoms with E-state index in [0.29, 0.717) is 17.7 Å². The van der Waals surface area contributed by atoms with E-state index in [0.717, 1.165) is 44.5 Å². The first-order chi connectivity index (χ1) is 11.2. The average molecular weight is 329 g/mol. The minimum atomic E-state index is 0.162. The van der Waals surface area contributed by atoms with Crippen LogP contribution >= 0.6 is 11.3 Å². The van der Waals surface area contributed by atoms with E-state index in [2.05, 4.69) is 35.3 Å². The molecule has 2 fully saturated rings. The Hall–Kier alpha value is -1.46. The Morgan fingerprint density at radius 1 is 1.30 bits per heavy atom. The van der Waals surface area contributed by atoms with Crippen molar-refractivity contribution in [1.29, 1.82) is 0 Å². The third-order valence-corrected chi connectivity index (χ3v) is 6.57. The third kappa shape index (κ3) is 2.88. The molecule has 122 valence electrons. The molecule has 4 nitrogen and oxygen atoms in total. The number of carbonyl (C=O) groups excluding carboxylic acids is 1. The molecule has 0 bridgehead atoms. The highest BCUT2D eigenvalue weighted by molar-refractivity contribution is 7.18. The number of piperidine rings is 1. The van der Waals surface area contributed by atoms with Gasteiger partial charge in [0.15, 0.2) is 0 Å². The average Bonchev–Trinajstić information content (AvgIpc) is 2.96. The fourth-order valence-corrected chi connectivity index (χ4v) is 4.70. The van der Waals surface area contributed by atoms with Crippen LogP contribution in [0.1, 0.15) is 30.7 Å². The number of aromatic nitrogens is 1. The number of hydrogen-bond acceptors (Lipinski definition) is 4. The van der Waals surface area contributed by atoms with Gasteiger partial charge < -0.3 is 10.2 Å². The number of para-hydroxylation sites is 1. The second kappa shape index (κ2) is 6.21. The van der Waals surface area contributed by atoms with E-state index in [1.807, 2.05) is 17.4 Å². The number of likely N-dealkylation sites (tertiary alicyclic amines) is 1. The van der Waals surface area contributed by atoms with Crippen LogP contribution in [0.3, 0.4) is 0 Å². The lowest BCUT2D eigenvalue weighted by Crippen LogP contribution is -2.51. The second-order valence-corrected chi connectivity index (χ2v) is 7.89. The van der Waals surface area contributed by atoms with Crippen LogP contribution < -0.4 is 5.32 Å². The Morgan fingerprint density at radius 2 is 2.04 bits per heavy atom. The van der Waals surface area contributed by atoms with Crippen LogP contribution in [0.4, 0.5) is 0 Å². The molecule has 2 aromatic rings. The van der Waals surface area contributed by atoms with Crippen LogP contribution in [0, 0.1) is 11.8 Å². The molecular formula is C18H23N3OS. The van der Waals surface area contributed by atoms with Crippen molar-refractivity contribution >= 4 is 27.5 Å². The summed E-state index contributed by atoms with van der Waals surface area (Å²) in [5, 5.41) is 4.51. The third-order valence-electron chi connectivity index (χ3n) is 5.38. The van der Waals surface area contributed by atoms with E-state index < -0.39 is 0 Å². The molecule has 2 saturated heterocycles. The van der Waals surface area contributed by atoms with Crippen molar-refractivity contribution in [2.24, 2.45) is 11.8 Å². The minimum absolute atomic E-state index is 0.162. The van der Waals surface area contributed by atoms with Gasteiger partial charge in [-0.25, -0.2) is 4.98 Å². The van der Waals surface area contributed by atoms with Gasteiger partial charge in [-0.05, 0) is 44.0 Å². The monoisotopic (exact) mass is 329 g/mol. The molecule has 1 aromatic heterocycles. The van der Waals surface area contributed by atoms with Gasteiger partial charge in [0.25, 0.3) is 0 Å². The first kappa shape index (κ1) is 15.1. The van der Waals surface area contributed by atoms with Gasteiger partial charge in [-0.2, -0.15) is 0 Å². The van der Waals surface area contributed by atoms with Crippen molar-refractivity contribution in [2.45, 2.75) is 25.7 Å². The summed E-state index contributed by atoms with van der Waals surface area (Å²) in [6.07, 6.45) is 2.09. The van der Waals surface area contributed by atoms with Crippen LogP contribution in [0.25, 0.3) is 10.2 Å². The lowest BCUT2D eigenvalue weighted by atomic mass is 9.87. The van der Waals surface area contributed by atoms with Gasteiger partial charge in [-0.15, -0.1) is 11.3 Å². The van der Waals surface area contributed by atoms with Crippen LogP contribution in [0.2, 0.25) is 0 Å². The highest BCUT2D eigenvalue weighted by Crippen LogP contribution is 2.34. The normalized spacial score (nSPS) is 21.3. The first-order valence-corrected chi connectivity index (χ1v) is 9.39. The molecule has 0 aliphatic carbocycles. The van der Waals surface area contributed by atoms with E-state index in [1.165, 1.54) is 9.71 Å². The molecule has 5 heteroatoms. The van der Waals surface area contributed by atoms with E-state index >= 15 is 0 Å². The Labute approximate surface area is 140 Å². The predicted octanol–water partition coefficient (Wildman–Crippen LogP) is 2.86. The SMILES string of the molecule is CC(C(=O)N1CCC(c2nc3ccccc3s2)CC1)C1CNC1. The smallest absolute Gasteiger partial charge is 0.225 e. The lowest BCUT2D eigenvalue weighted by molar-refractivity contribution is -0.138. The van der Waals surface area contributed by atoms with Crippen molar-refractivity contribution in [1.82, 2.24) is 15.2 Å². The number of thiazole rings is 1. The molecule has 1 N–H and O–H groups in total. The topological polar surface area (TPSA) is 45.2 Å². The number of nitrogens with one attached hydrogen (secondary N) is 1. The maximum atomic E-state index is 12.6. The summed E-state index contributed by atoms with van der Waals surface area (Å²) in [4.78, 5) is 19.5. The molecule has 2 aliphatic heterocycles. The van der Waals surface area contributed by atoms with Gasteiger partial charge in [-0.1, -0.05) is 19.1 Å². The number of benzene rings is 1. The maximum absolute atomic E-state index is 12.6. The Kier molecular flexibility index (Phi) is 4.07. The summed E-state index contributed by atoms with van der Waals surface area (Å²) >= 11 is 1.81. The Morgan fingerprint density at radius 3 is 2.70 bits per heavy atom. The molecular weight excluding hydrogens is 306 g/mol. The van der Waals surface area contributed by atoms with E-state index in [4.69, 9.17) is 4.98 Å². The largest absolute Gasteiger partial charge is 0.342 e. The summed E-state index contributed by atoms with van der Waals surface area (Å²) in [6.45, 7) is 5.84. The van der Waals surface area contributed by atoms with Crippen LogP contribution in [0.5, 0.6) is 0 Å². The zero-order chi connectivity index (χ0) is 15.8. The standard InChI is InChI=1S/C18H23N3OS/c1-12(14-10-19-11-14)18(22)21-8-6-13(7-9-21)17-20-15-4-2-3-5-16(15)23-17/h2-5,12-14,19H,6-11H2,1H3. The number of hydrogen-bond donors (Lipinski definition) is 1. The lowest BCUT2D eigenvalue weighted by Gasteiger charge is -2.37. The number of rotatable bonds is 3. The molecule has 0 radical (unpaired) electrons. The zero-order valence-electron chi connectivity index (χ0n) is 13.5. The maximum Gasteiger partial charge on any atom is 0.225 e. The number of amides is 1. The summed E-state index contributed by atoms with van der Waals surface area (Å²) < 4.78 is 1.27. The molecule has 4 rings (SSSR count). The van der Waals surface area contributed by atoms with Crippen molar-refractivity contribution in [2.75, 3.05) is 26.2 Å². The van der Waals surface area contributed by atoms with Gasteiger partial charge in [0, 0.05) is 24.9 Å².